The first kappa shape index (κ1) is 10.1. The monoisotopic (exact) mass is 220 g/mol. The summed E-state index contributed by atoms with van der Waals surface area (Å²) in [6.07, 6.45) is 6.53. The first-order valence-electron chi connectivity index (χ1n) is 6.24. The van der Waals surface area contributed by atoms with E-state index in [1.54, 1.807) is 6.07 Å². The van der Waals surface area contributed by atoms with Crippen LogP contribution in [0.3, 0.4) is 0 Å². The summed E-state index contributed by atoms with van der Waals surface area (Å²) >= 11 is 0. The third kappa shape index (κ3) is 1.68. The Morgan fingerprint density at radius 3 is 2.94 bits per heavy atom. The zero-order chi connectivity index (χ0) is 11.0. The minimum absolute atomic E-state index is 0.364. The van der Waals surface area contributed by atoms with E-state index in [9.17, 15) is 4.39 Å². The molecular formula is C13H17FN2. The largest absolute Gasteiger partial charge is 0.353 e. The molecule has 1 aromatic rings. The quantitative estimate of drug-likeness (QED) is 0.676. The van der Waals surface area contributed by atoms with Crippen molar-refractivity contribution < 1.29 is 4.39 Å². The van der Waals surface area contributed by atoms with Crippen LogP contribution in [-0.4, -0.2) is 17.6 Å². The van der Waals surface area contributed by atoms with Gasteiger partial charge in [0.25, 0.3) is 0 Å². The van der Waals surface area contributed by atoms with Crippen molar-refractivity contribution in [3.05, 3.63) is 24.1 Å². The van der Waals surface area contributed by atoms with Crippen molar-refractivity contribution in [3.63, 3.8) is 0 Å². The highest BCUT2D eigenvalue weighted by Crippen LogP contribution is 2.38. The number of rotatable bonds is 1. The molecule has 2 unspecified atom stereocenters. The van der Waals surface area contributed by atoms with E-state index in [2.05, 4.69) is 9.88 Å². The lowest BCUT2D eigenvalue weighted by Gasteiger charge is -2.32. The second kappa shape index (κ2) is 4.04. The fraction of sp³-hybridized carbons (Fsp3) is 0.615. The molecule has 0 N–H and O–H groups in total. The fourth-order valence-corrected chi connectivity index (χ4v) is 3.25. The molecule has 86 valence electrons. The molecule has 2 heterocycles. The van der Waals surface area contributed by atoms with Gasteiger partial charge in [0.1, 0.15) is 5.82 Å². The first-order valence-corrected chi connectivity index (χ1v) is 6.24. The molecule has 0 bridgehead atoms. The van der Waals surface area contributed by atoms with Crippen LogP contribution in [0.4, 0.5) is 10.2 Å². The third-order valence-corrected chi connectivity index (χ3v) is 4.00. The zero-order valence-corrected chi connectivity index (χ0v) is 9.40. The molecule has 0 radical (unpaired) electrons. The Labute approximate surface area is 95.5 Å². The molecular weight excluding hydrogens is 203 g/mol. The molecule has 1 aliphatic heterocycles. The molecule has 16 heavy (non-hydrogen) atoms. The Hall–Kier alpha value is -1.12. The van der Waals surface area contributed by atoms with E-state index in [-0.39, 0.29) is 5.95 Å². The number of aromatic nitrogens is 1. The minimum atomic E-state index is -0.364. The van der Waals surface area contributed by atoms with Gasteiger partial charge in [0.15, 0.2) is 0 Å². The number of fused-ring (bicyclic) bond motifs is 1. The van der Waals surface area contributed by atoms with E-state index in [0.29, 0.717) is 6.04 Å². The summed E-state index contributed by atoms with van der Waals surface area (Å²) in [5.74, 6) is 1.28. The Kier molecular flexibility index (Phi) is 2.54. The van der Waals surface area contributed by atoms with E-state index in [0.717, 1.165) is 18.3 Å². The topological polar surface area (TPSA) is 16.1 Å². The molecule has 3 heteroatoms. The van der Waals surface area contributed by atoms with E-state index >= 15 is 0 Å². The van der Waals surface area contributed by atoms with Crippen LogP contribution in [0, 0.1) is 11.9 Å². The highest BCUT2D eigenvalue weighted by atomic mass is 19.1. The van der Waals surface area contributed by atoms with E-state index < -0.39 is 0 Å². The first-order chi connectivity index (χ1) is 7.84. The summed E-state index contributed by atoms with van der Waals surface area (Å²) < 4.78 is 13.1. The van der Waals surface area contributed by atoms with Crippen molar-refractivity contribution >= 4 is 5.82 Å². The predicted octanol–water partition coefficient (Wildman–Crippen LogP) is 2.99. The van der Waals surface area contributed by atoms with Crippen LogP contribution in [0.25, 0.3) is 0 Å². The van der Waals surface area contributed by atoms with E-state index in [4.69, 9.17) is 0 Å². The summed E-state index contributed by atoms with van der Waals surface area (Å²) in [5.41, 5.74) is 0. The van der Waals surface area contributed by atoms with Crippen LogP contribution in [-0.2, 0) is 0 Å². The number of halogens is 1. The van der Waals surface area contributed by atoms with Gasteiger partial charge in [-0.25, -0.2) is 4.98 Å². The van der Waals surface area contributed by atoms with Gasteiger partial charge >= 0.3 is 0 Å². The molecule has 2 nitrogen and oxygen atoms in total. The lowest BCUT2D eigenvalue weighted by molar-refractivity contribution is 0.341. The van der Waals surface area contributed by atoms with Crippen LogP contribution in [0.5, 0.6) is 0 Å². The third-order valence-electron chi connectivity index (χ3n) is 4.00. The summed E-state index contributed by atoms with van der Waals surface area (Å²) in [5, 5.41) is 0. The second-order valence-electron chi connectivity index (χ2n) is 4.91. The van der Waals surface area contributed by atoms with Gasteiger partial charge in [0.2, 0.25) is 5.95 Å². The van der Waals surface area contributed by atoms with Crippen LogP contribution in [0.1, 0.15) is 32.1 Å². The average Bonchev–Trinajstić information content (AvgIpc) is 2.72. The highest BCUT2D eigenvalue weighted by Gasteiger charge is 2.36. The molecule has 0 aromatic carbocycles. The Morgan fingerprint density at radius 2 is 2.06 bits per heavy atom. The van der Waals surface area contributed by atoms with E-state index in [1.807, 2.05) is 6.07 Å². The maximum Gasteiger partial charge on any atom is 0.214 e. The molecule has 2 aliphatic rings. The van der Waals surface area contributed by atoms with Gasteiger partial charge in [-0.2, -0.15) is 4.39 Å². The normalized spacial score (nSPS) is 29.2. The minimum Gasteiger partial charge on any atom is -0.353 e. The summed E-state index contributed by atoms with van der Waals surface area (Å²) in [4.78, 5) is 6.32. The highest BCUT2D eigenvalue weighted by molar-refractivity contribution is 5.41. The van der Waals surface area contributed by atoms with Crippen molar-refractivity contribution in [2.24, 2.45) is 5.92 Å². The lowest BCUT2D eigenvalue weighted by atomic mass is 9.85. The maximum atomic E-state index is 13.1. The molecule has 3 rings (SSSR count). The van der Waals surface area contributed by atoms with Gasteiger partial charge in [-0.1, -0.05) is 18.9 Å². The number of nitrogens with zero attached hydrogens (tertiary/aromatic N) is 2. The van der Waals surface area contributed by atoms with Gasteiger partial charge < -0.3 is 4.90 Å². The molecule has 2 atom stereocenters. The number of hydrogen-bond acceptors (Lipinski definition) is 2. The summed E-state index contributed by atoms with van der Waals surface area (Å²) in [7, 11) is 0. The van der Waals surface area contributed by atoms with Gasteiger partial charge in [0, 0.05) is 12.6 Å². The van der Waals surface area contributed by atoms with Gasteiger partial charge in [-0.05, 0) is 37.3 Å². The Balaban J connectivity index is 1.85. The van der Waals surface area contributed by atoms with Crippen molar-refractivity contribution in [3.8, 4) is 0 Å². The van der Waals surface area contributed by atoms with Crippen LogP contribution in [0.2, 0.25) is 0 Å². The molecule has 1 aromatic heterocycles. The standard InChI is InChI=1S/C13H17FN2/c14-12-6-3-7-13(15-12)16-9-8-10-4-1-2-5-11(10)16/h3,6-7,10-11H,1-2,4-5,8-9H2. The van der Waals surface area contributed by atoms with Gasteiger partial charge in [-0.15, -0.1) is 0 Å². The van der Waals surface area contributed by atoms with Gasteiger partial charge in [0.05, 0.1) is 0 Å². The van der Waals surface area contributed by atoms with Crippen molar-refractivity contribution in [1.29, 1.82) is 0 Å². The fourth-order valence-electron chi connectivity index (χ4n) is 3.25. The smallest absolute Gasteiger partial charge is 0.214 e. The molecule has 1 saturated carbocycles. The SMILES string of the molecule is Fc1cccc(N2CCC3CCCCC32)n1. The van der Waals surface area contributed by atoms with Crippen LogP contribution in [0.15, 0.2) is 18.2 Å². The molecule has 1 saturated heterocycles. The van der Waals surface area contributed by atoms with Crippen LogP contribution < -0.4 is 4.90 Å². The van der Waals surface area contributed by atoms with Crippen LogP contribution >= 0.6 is 0 Å². The Morgan fingerprint density at radius 1 is 1.19 bits per heavy atom. The number of anilines is 1. The summed E-state index contributed by atoms with van der Waals surface area (Å²) in [6.45, 7) is 1.05. The molecule has 0 amide bonds. The molecule has 2 fully saturated rings. The number of hydrogen-bond donors (Lipinski definition) is 0. The molecule has 1 aliphatic carbocycles. The Bertz CT molecular complexity index is 380. The zero-order valence-electron chi connectivity index (χ0n) is 9.40. The lowest BCUT2D eigenvalue weighted by Crippen LogP contribution is -2.35. The second-order valence-corrected chi connectivity index (χ2v) is 4.91. The maximum absolute atomic E-state index is 13.1. The van der Waals surface area contributed by atoms with E-state index in [1.165, 1.54) is 38.2 Å². The summed E-state index contributed by atoms with van der Waals surface area (Å²) in [6, 6.07) is 5.72. The van der Waals surface area contributed by atoms with Gasteiger partial charge in [-0.3, -0.25) is 0 Å². The molecule has 0 spiro atoms. The predicted molar refractivity (Wildman–Crippen MR) is 61.9 cm³/mol. The average molecular weight is 220 g/mol. The number of pyridine rings is 1. The van der Waals surface area contributed by atoms with Crippen molar-refractivity contribution in [2.45, 2.75) is 38.1 Å². The van der Waals surface area contributed by atoms with Crippen molar-refractivity contribution in [1.82, 2.24) is 4.98 Å². The van der Waals surface area contributed by atoms with Crippen molar-refractivity contribution in [2.75, 3.05) is 11.4 Å².